The zero-order valence-corrected chi connectivity index (χ0v) is 9.46. The lowest BCUT2D eigenvalue weighted by atomic mass is 10.1. The lowest BCUT2D eigenvalue weighted by Gasteiger charge is -2.19. The average Bonchev–Trinajstić information content (AvgIpc) is 2.35. The van der Waals surface area contributed by atoms with Crippen LogP contribution in [0, 0.1) is 11.6 Å². The van der Waals surface area contributed by atoms with Gasteiger partial charge in [0.15, 0.2) is 17.4 Å². The van der Waals surface area contributed by atoms with Gasteiger partial charge in [-0.15, -0.1) is 0 Å². The maximum atomic E-state index is 13.6. The van der Waals surface area contributed by atoms with Crippen molar-refractivity contribution >= 4 is 0 Å². The Balaban J connectivity index is 2.20. The van der Waals surface area contributed by atoms with Crippen molar-refractivity contribution in [2.45, 2.75) is 31.9 Å². The predicted molar refractivity (Wildman–Crippen MR) is 61.7 cm³/mol. The summed E-state index contributed by atoms with van der Waals surface area (Å²) in [7, 11) is 0. The summed E-state index contributed by atoms with van der Waals surface area (Å²) in [6.07, 6.45) is 6.34. The Morgan fingerprint density at radius 1 is 1.29 bits per heavy atom. The fourth-order valence-corrected chi connectivity index (χ4v) is 1.87. The largest absolute Gasteiger partial charge is 0.480 e. The van der Waals surface area contributed by atoms with Crippen LogP contribution in [0.4, 0.5) is 8.78 Å². The lowest BCUT2D eigenvalue weighted by molar-refractivity contribution is 0.209. The first-order valence-electron chi connectivity index (χ1n) is 5.72. The Labute approximate surface area is 99.1 Å². The number of hydrogen-bond donors (Lipinski definition) is 1. The predicted octanol–water partition coefficient (Wildman–Crippen LogP) is 2.91. The van der Waals surface area contributed by atoms with E-state index in [-0.39, 0.29) is 18.4 Å². The second-order valence-corrected chi connectivity index (χ2v) is 4.11. The molecule has 1 aromatic carbocycles. The van der Waals surface area contributed by atoms with Crippen molar-refractivity contribution in [3.05, 3.63) is 41.5 Å². The van der Waals surface area contributed by atoms with E-state index in [2.05, 4.69) is 0 Å². The van der Waals surface area contributed by atoms with Crippen molar-refractivity contribution in [3.63, 3.8) is 0 Å². The molecule has 0 saturated carbocycles. The highest BCUT2D eigenvalue weighted by Crippen LogP contribution is 2.26. The second kappa shape index (κ2) is 5.27. The summed E-state index contributed by atoms with van der Waals surface area (Å²) >= 11 is 0. The van der Waals surface area contributed by atoms with E-state index < -0.39 is 11.6 Å². The first-order chi connectivity index (χ1) is 8.20. The second-order valence-electron chi connectivity index (χ2n) is 4.11. The molecule has 2 N–H and O–H groups in total. The van der Waals surface area contributed by atoms with Crippen LogP contribution < -0.4 is 10.5 Å². The van der Waals surface area contributed by atoms with Gasteiger partial charge >= 0.3 is 0 Å². The third kappa shape index (κ3) is 2.82. The Hall–Kier alpha value is -1.42. The zero-order chi connectivity index (χ0) is 12.3. The third-order valence-corrected chi connectivity index (χ3v) is 2.77. The maximum Gasteiger partial charge on any atom is 0.191 e. The highest BCUT2D eigenvalue weighted by Gasteiger charge is 2.17. The molecular formula is C13H15F2NO. The van der Waals surface area contributed by atoms with Crippen molar-refractivity contribution in [2.75, 3.05) is 0 Å². The Bertz CT molecular complexity index is 408. The van der Waals surface area contributed by atoms with Crippen LogP contribution in [0.1, 0.15) is 24.8 Å². The van der Waals surface area contributed by atoms with Crippen LogP contribution in [0.15, 0.2) is 24.3 Å². The molecular weight excluding hydrogens is 224 g/mol. The topological polar surface area (TPSA) is 35.2 Å². The first kappa shape index (κ1) is 12.0. The number of hydrogen-bond acceptors (Lipinski definition) is 2. The molecule has 2 nitrogen and oxygen atoms in total. The quantitative estimate of drug-likeness (QED) is 0.823. The van der Waals surface area contributed by atoms with Gasteiger partial charge in [-0.25, -0.2) is 8.78 Å². The van der Waals surface area contributed by atoms with Gasteiger partial charge in [0.05, 0.1) is 0 Å². The highest BCUT2D eigenvalue weighted by molar-refractivity contribution is 5.31. The molecule has 0 aromatic heterocycles. The zero-order valence-electron chi connectivity index (χ0n) is 9.46. The molecule has 1 unspecified atom stereocenters. The normalized spacial score (nSPS) is 19.4. The average molecular weight is 239 g/mol. The van der Waals surface area contributed by atoms with Crippen molar-refractivity contribution in [1.29, 1.82) is 0 Å². The summed E-state index contributed by atoms with van der Waals surface area (Å²) in [6.45, 7) is 0.109. The standard InChI is InChI=1S/C13H15F2NO/c14-11-6-9(8-16)7-12(15)13(11)17-10-4-2-1-3-5-10/h2,4,6-7,10H,1,3,5,8,16H2. The lowest BCUT2D eigenvalue weighted by Crippen LogP contribution is -2.17. The van der Waals surface area contributed by atoms with Gasteiger partial charge in [-0.1, -0.05) is 6.08 Å². The Kier molecular flexibility index (Phi) is 3.74. The molecule has 4 heteroatoms. The molecule has 1 aliphatic carbocycles. The number of rotatable bonds is 3. The van der Waals surface area contributed by atoms with E-state index in [1.54, 1.807) is 0 Å². The van der Waals surface area contributed by atoms with E-state index in [0.29, 0.717) is 5.56 Å². The number of allylic oxidation sites excluding steroid dienone is 1. The minimum Gasteiger partial charge on any atom is -0.480 e. The molecule has 0 saturated heterocycles. The monoisotopic (exact) mass is 239 g/mol. The van der Waals surface area contributed by atoms with Crippen LogP contribution in [-0.2, 0) is 6.54 Å². The third-order valence-electron chi connectivity index (χ3n) is 2.77. The van der Waals surface area contributed by atoms with Crippen LogP contribution in [-0.4, -0.2) is 6.10 Å². The minimum absolute atomic E-state index is 0.109. The maximum absolute atomic E-state index is 13.6. The number of nitrogens with two attached hydrogens (primary N) is 1. The number of halogens is 2. The van der Waals surface area contributed by atoms with E-state index in [1.807, 2.05) is 12.2 Å². The summed E-state index contributed by atoms with van der Waals surface area (Å²) < 4.78 is 32.6. The van der Waals surface area contributed by atoms with E-state index in [1.165, 1.54) is 12.1 Å². The van der Waals surface area contributed by atoms with Gasteiger partial charge in [-0.2, -0.15) is 0 Å². The molecule has 0 heterocycles. The molecule has 1 aliphatic rings. The molecule has 2 rings (SSSR count). The van der Waals surface area contributed by atoms with Gasteiger partial charge in [0.1, 0.15) is 6.10 Å². The summed E-state index contributed by atoms with van der Waals surface area (Å²) in [6, 6.07) is 2.43. The van der Waals surface area contributed by atoms with Crippen molar-refractivity contribution in [2.24, 2.45) is 5.73 Å². The molecule has 0 bridgehead atoms. The first-order valence-corrected chi connectivity index (χ1v) is 5.72. The van der Waals surface area contributed by atoms with Crippen LogP contribution in [0.2, 0.25) is 0 Å². The van der Waals surface area contributed by atoms with E-state index in [0.717, 1.165) is 19.3 Å². The van der Waals surface area contributed by atoms with E-state index in [4.69, 9.17) is 10.5 Å². The van der Waals surface area contributed by atoms with Crippen LogP contribution in [0.25, 0.3) is 0 Å². The summed E-state index contributed by atoms with van der Waals surface area (Å²) in [5, 5.41) is 0. The summed E-state index contributed by atoms with van der Waals surface area (Å²) in [5.41, 5.74) is 5.76. The molecule has 92 valence electrons. The molecule has 0 aliphatic heterocycles. The molecule has 0 amide bonds. The fourth-order valence-electron chi connectivity index (χ4n) is 1.87. The summed E-state index contributed by atoms with van der Waals surface area (Å²) in [4.78, 5) is 0. The van der Waals surface area contributed by atoms with Gasteiger partial charge in [0.25, 0.3) is 0 Å². The Morgan fingerprint density at radius 2 is 2.00 bits per heavy atom. The molecule has 0 spiro atoms. The van der Waals surface area contributed by atoms with Gasteiger partial charge in [-0.05, 0) is 43.0 Å². The van der Waals surface area contributed by atoms with E-state index >= 15 is 0 Å². The molecule has 1 atom stereocenters. The highest BCUT2D eigenvalue weighted by atomic mass is 19.1. The van der Waals surface area contributed by atoms with Gasteiger partial charge in [0.2, 0.25) is 0 Å². The molecule has 1 aromatic rings. The van der Waals surface area contributed by atoms with Crippen LogP contribution in [0.3, 0.4) is 0 Å². The van der Waals surface area contributed by atoms with Gasteiger partial charge in [-0.3, -0.25) is 0 Å². The van der Waals surface area contributed by atoms with Crippen molar-refractivity contribution < 1.29 is 13.5 Å². The minimum atomic E-state index is -0.690. The molecule has 17 heavy (non-hydrogen) atoms. The smallest absolute Gasteiger partial charge is 0.191 e. The van der Waals surface area contributed by atoms with Gasteiger partial charge in [0, 0.05) is 6.54 Å². The van der Waals surface area contributed by atoms with Crippen molar-refractivity contribution in [1.82, 2.24) is 0 Å². The number of ether oxygens (including phenoxy) is 1. The fraction of sp³-hybridized carbons (Fsp3) is 0.385. The molecule has 0 fully saturated rings. The molecule has 0 radical (unpaired) electrons. The summed E-state index contributed by atoms with van der Waals surface area (Å²) in [5.74, 6) is -1.69. The van der Waals surface area contributed by atoms with E-state index in [9.17, 15) is 8.78 Å². The van der Waals surface area contributed by atoms with Crippen LogP contribution >= 0.6 is 0 Å². The van der Waals surface area contributed by atoms with Gasteiger partial charge < -0.3 is 10.5 Å². The number of benzene rings is 1. The van der Waals surface area contributed by atoms with Crippen molar-refractivity contribution in [3.8, 4) is 5.75 Å². The SMILES string of the molecule is NCc1cc(F)c(OC2C=CCCC2)c(F)c1. The Morgan fingerprint density at radius 3 is 2.53 bits per heavy atom. The van der Waals surface area contributed by atoms with Crippen LogP contribution in [0.5, 0.6) is 5.75 Å².